The van der Waals surface area contributed by atoms with Crippen molar-refractivity contribution in [2.75, 3.05) is 26.3 Å². The molecule has 124 valence electrons. The largest absolute Gasteiger partial charge is 0.491 e. The van der Waals surface area contributed by atoms with Crippen molar-refractivity contribution in [1.82, 2.24) is 4.90 Å². The van der Waals surface area contributed by atoms with E-state index >= 15 is 0 Å². The molecular formula is C18H22ClNO3. The summed E-state index contributed by atoms with van der Waals surface area (Å²) in [6, 6.07) is 17.0. The fourth-order valence-electron chi connectivity index (χ4n) is 2.29. The van der Waals surface area contributed by atoms with Crippen molar-refractivity contribution >= 4 is 11.6 Å². The van der Waals surface area contributed by atoms with E-state index in [1.807, 2.05) is 35.2 Å². The van der Waals surface area contributed by atoms with Gasteiger partial charge in [0.2, 0.25) is 0 Å². The predicted molar refractivity (Wildman–Crippen MR) is 91.8 cm³/mol. The molecule has 0 saturated heterocycles. The summed E-state index contributed by atoms with van der Waals surface area (Å²) in [4.78, 5) is 2.01. The van der Waals surface area contributed by atoms with Crippen molar-refractivity contribution in [1.29, 1.82) is 0 Å². The Morgan fingerprint density at radius 3 is 2.39 bits per heavy atom. The summed E-state index contributed by atoms with van der Waals surface area (Å²) in [6.45, 7) is 1.87. The molecule has 2 rings (SSSR count). The summed E-state index contributed by atoms with van der Waals surface area (Å²) in [6.07, 6.45) is -0.638. The van der Waals surface area contributed by atoms with Gasteiger partial charge in [0, 0.05) is 24.7 Å². The van der Waals surface area contributed by atoms with Crippen molar-refractivity contribution < 1.29 is 14.9 Å². The molecule has 23 heavy (non-hydrogen) atoms. The molecule has 0 bridgehead atoms. The van der Waals surface area contributed by atoms with E-state index in [1.165, 1.54) is 0 Å². The van der Waals surface area contributed by atoms with Crippen molar-refractivity contribution in [3.8, 4) is 5.75 Å². The Balaban J connectivity index is 1.82. The lowest BCUT2D eigenvalue weighted by atomic mass is 10.2. The van der Waals surface area contributed by atoms with E-state index in [4.69, 9.17) is 16.3 Å². The standard InChI is InChI=1S/C18H22ClNO3/c19-16-6-8-18(9-7-16)23-14-17(22)13-20(10-11-21)12-15-4-2-1-3-5-15/h1-9,17,21-22H,10-14H2/t17-/m0/s1. The highest BCUT2D eigenvalue weighted by molar-refractivity contribution is 6.30. The molecule has 1 atom stereocenters. The van der Waals surface area contributed by atoms with E-state index < -0.39 is 6.10 Å². The van der Waals surface area contributed by atoms with Crippen LogP contribution in [0.3, 0.4) is 0 Å². The molecule has 2 aromatic carbocycles. The molecule has 2 aromatic rings. The van der Waals surface area contributed by atoms with Gasteiger partial charge in [0.1, 0.15) is 18.5 Å². The van der Waals surface area contributed by atoms with Gasteiger partial charge >= 0.3 is 0 Å². The summed E-state index contributed by atoms with van der Waals surface area (Å²) in [5, 5.41) is 20.0. The Morgan fingerprint density at radius 2 is 1.74 bits per heavy atom. The quantitative estimate of drug-likeness (QED) is 0.739. The lowest BCUT2D eigenvalue weighted by molar-refractivity contribution is 0.0590. The Hall–Kier alpha value is -1.59. The minimum Gasteiger partial charge on any atom is -0.491 e. The molecule has 0 aliphatic heterocycles. The van der Waals surface area contributed by atoms with Crippen LogP contribution in [0.4, 0.5) is 0 Å². The number of ether oxygens (including phenoxy) is 1. The Morgan fingerprint density at radius 1 is 1.04 bits per heavy atom. The fraction of sp³-hybridized carbons (Fsp3) is 0.333. The van der Waals surface area contributed by atoms with Gasteiger partial charge in [-0.3, -0.25) is 4.90 Å². The molecule has 0 spiro atoms. The summed E-state index contributed by atoms with van der Waals surface area (Å²) < 4.78 is 5.55. The Labute approximate surface area is 141 Å². The maximum atomic E-state index is 10.2. The third kappa shape index (κ3) is 6.59. The van der Waals surface area contributed by atoms with Crippen molar-refractivity contribution in [2.45, 2.75) is 12.6 Å². The molecule has 0 aliphatic carbocycles. The molecule has 0 aliphatic rings. The highest BCUT2D eigenvalue weighted by atomic mass is 35.5. The zero-order valence-corrected chi connectivity index (χ0v) is 13.7. The van der Waals surface area contributed by atoms with Crippen LogP contribution in [-0.2, 0) is 6.54 Å². The molecule has 0 amide bonds. The lowest BCUT2D eigenvalue weighted by Gasteiger charge is -2.24. The van der Waals surface area contributed by atoms with E-state index in [9.17, 15) is 10.2 Å². The van der Waals surface area contributed by atoms with E-state index in [2.05, 4.69) is 0 Å². The van der Waals surface area contributed by atoms with Gasteiger partial charge in [-0.25, -0.2) is 0 Å². The first-order valence-electron chi connectivity index (χ1n) is 7.61. The van der Waals surface area contributed by atoms with Crippen molar-refractivity contribution in [3.63, 3.8) is 0 Å². The molecule has 5 heteroatoms. The smallest absolute Gasteiger partial charge is 0.119 e. The highest BCUT2D eigenvalue weighted by Gasteiger charge is 2.13. The molecule has 0 heterocycles. The average Bonchev–Trinajstić information content (AvgIpc) is 2.55. The molecule has 4 nitrogen and oxygen atoms in total. The highest BCUT2D eigenvalue weighted by Crippen LogP contribution is 2.15. The van der Waals surface area contributed by atoms with Crippen LogP contribution in [0.15, 0.2) is 54.6 Å². The monoisotopic (exact) mass is 335 g/mol. The molecule has 0 unspecified atom stereocenters. The van der Waals surface area contributed by atoms with Crippen LogP contribution in [0, 0.1) is 0 Å². The van der Waals surface area contributed by atoms with Crippen molar-refractivity contribution in [3.05, 3.63) is 65.2 Å². The molecule has 0 fully saturated rings. The van der Waals surface area contributed by atoms with Crippen molar-refractivity contribution in [2.24, 2.45) is 0 Å². The fourth-order valence-corrected chi connectivity index (χ4v) is 2.42. The van der Waals surface area contributed by atoms with Gasteiger partial charge in [-0.05, 0) is 29.8 Å². The first-order chi connectivity index (χ1) is 11.2. The minimum absolute atomic E-state index is 0.0532. The van der Waals surface area contributed by atoms with Gasteiger partial charge < -0.3 is 14.9 Å². The van der Waals surface area contributed by atoms with E-state index in [1.54, 1.807) is 24.3 Å². The zero-order valence-electron chi connectivity index (χ0n) is 12.9. The van der Waals surface area contributed by atoms with E-state index in [0.717, 1.165) is 5.56 Å². The summed E-state index contributed by atoms with van der Waals surface area (Å²) in [7, 11) is 0. The van der Waals surface area contributed by atoms with Crippen LogP contribution in [0.25, 0.3) is 0 Å². The molecular weight excluding hydrogens is 314 g/mol. The minimum atomic E-state index is -0.638. The van der Waals surface area contributed by atoms with E-state index in [0.29, 0.717) is 30.4 Å². The average molecular weight is 336 g/mol. The third-order valence-corrected chi connectivity index (χ3v) is 3.64. The normalized spacial score (nSPS) is 12.3. The van der Waals surface area contributed by atoms with Gasteiger partial charge in [-0.15, -0.1) is 0 Å². The van der Waals surface area contributed by atoms with Gasteiger partial charge in [-0.2, -0.15) is 0 Å². The first-order valence-corrected chi connectivity index (χ1v) is 7.98. The number of hydrogen-bond acceptors (Lipinski definition) is 4. The number of hydrogen-bond donors (Lipinski definition) is 2. The number of rotatable bonds is 9. The summed E-state index contributed by atoms with van der Waals surface area (Å²) in [5.74, 6) is 0.671. The first kappa shape index (κ1) is 17.8. The molecule has 0 aromatic heterocycles. The number of halogens is 1. The van der Waals surface area contributed by atoms with Crippen LogP contribution in [-0.4, -0.2) is 47.5 Å². The maximum Gasteiger partial charge on any atom is 0.119 e. The van der Waals surface area contributed by atoms with Crippen LogP contribution in [0.5, 0.6) is 5.75 Å². The van der Waals surface area contributed by atoms with Gasteiger partial charge in [0.05, 0.1) is 6.61 Å². The Kier molecular flexibility index (Phi) is 7.36. The number of aliphatic hydroxyl groups excluding tert-OH is 2. The summed E-state index contributed by atoms with van der Waals surface area (Å²) >= 11 is 5.82. The number of benzene rings is 2. The predicted octanol–water partition coefficient (Wildman–Crippen LogP) is 2.57. The van der Waals surface area contributed by atoms with Gasteiger partial charge in [0.25, 0.3) is 0 Å². The topological polar surface area (TPSA) is 52.9 Å². The van der Waals surface area contributed by atoms with Crippen LogP contribution in [0.1, 0.15) is 5.56 Å². The molecule has 2 N–H and O–H groups in total. The second-order valence-corrected chi connectivity index (χ2v) is 5.80. The van der Waals surface area contributed by atoms with Crippen LogP contribution in [0.2, 0.25) is 5.02 Å². The zero-order chi connectivity index (χ0) is 16.5. The molecule has 0 radical (unpaired) electrons. The third-order valence-electron chi connectivity index (χ3n) is 3.39. The Bertz CT molecular complexity index is 562. The van der Waals surface area contributed by atoms with Crippen LogP contribution < -0.4 is 4.74 Å². The SMILES string of the molecule is OCCN(Cc1ccccc1)C[C@H](O)COc1ccc(Cl)cc1. The van der Waals surface area contributed by atoms with Crippen LogP contribution >= 0.6 is 11.6 Å². The second kappa shape index (κ2) is 9.53. The maximum absolute atomic E-state index is 10.2. The number of aliphatic hydroxyl groups is 2. The molecule has 0 saturated carbocycles. The summed E-state index contributed by atoms with van der Waals surface area (Å²) in [5.41, 5.74) is 1.15. The number of nitrogens with zero attached hydrogens (tertiary/aromatic N) is 1. The van der Waals surface area contributed by atoms with E-state index in [-0.39, 0.29) is 13.2 Å². The van der Waals surface area contributed by atoms with Gasteiger partial charge in [-0.1, -0.05) is 41.9 Å². The van der Waals surface area contributed by atoms with Gasteiger partial charge in [0.15, 0.2) is 0 Å². The second-order valence-electron chi connectivity index (χ2n) is 5.36. The lowest BCUT2D eigenvalue weighted by Crippen LogP contribution is -2.37.